The second-order valence-corrected chi connectivity index (χ2v) is 5.27. The van der Waals surface area contributed by atoms with Gasteiger partial charge in [0, 0.05) is 26.1 Å². The summed E-state index contributed by atoms with van der Waals surface area (Å²) in [6, 6.07) is 0. The fourth-order valence-electron chi connectivity index (χ4n) is 2.63. The van der Waals surface area contributed by atoms with Crippen molar-refractivity contribution in [2.24, 2.45) is 5.92 Å². The number of rotatable bonds is 4. The average Bonchev–Trinajstić information content (AvgIpc) is 2.46. The van der Waals surface area contributed by atoms with E-state index < -0.39 is 5.97 Å². The number of hydrogen-bond donors (Lipinski definition) is 2. The molecule has 2 fully saturated rings. The van der Waals surface area contributed by atoms with Crippen molar-refractivity contribution in [3.63, 3.8) is 0 Å². The zero-order chi connectivity index (χ0) is 14.5. The molecule has 0 aliphatic carbocycles. The minimum Gasteiger partial charge on any atom is -0.480 e. The number of ether oxygens (including phenoxy) is 1. The van der Waals surface area contributed by atoms with E-state index in [9.17, 15) is 14.4 Å². The van der Waals surface area contributed by atoms with Gasteiger partial charge in [-0.2, -0.15) is 0 Å². The number of hydrogen-bond acceptors (Lipinski definition) is 4. The third kappa shape index (κ3) is 3.93. The van der Waals surface area contributed by atoms with Gasteiger partial charge >= 0.3 is 5.97 Å². The Morgan fingerprint density at radius 1 is 1.30 bits per heavy atom. The summed E-state index contributed by atoms with van der Waals surface area (Å²) < 4.78 is 5.24. The number of carboxylic acids is 1. The molecule has 2 aliphatic rings. The molecule has 7 heteroatoms. The standard InChI is InChI=1S/C13H20N2O5/c16-11-2-1-9(7-14-11)13(19)15-5-3-10(4-6-15)20-8-12(17)18/h9-10H,1-8H2,(H,14,16)(H,17,18). The van der Waals surface area contributed by atoms with Crippen LogP contribution < -0.4 is 5.32 Å². The van der Waals surface area contributed by atoms with Crippen molar-refractivity contribution >= 4 is 17.8 Å². The Hall–Kier alpha value is -1.63. The van der Waals surface area contributed by atoms with Gasteiger partial charge in [0.25, 0.3) is 0 Å². The molecule has 1 atom stereocenters. The molecule has 0 saturated carbocycles. The van der Waals surface area contributed by atoms with Gasteiger partial charge in [-0.15, -0.1) is 0 Å². The van der Waals surface area contributed by atoms with Crippen LogP contribution in [-0.2, 0) is 19.1 Å². The van der Waals surface area contributed by atoms with Gasteiger partial charge in [0.1, 0.15) is 6.61 Å². The molecule has 0 bridgehead atoms. The Kier molecular flexibility index (Phi) is 4.94. The van der Waals surface area contributed by atoms with E-state index in [0.717, 1.165) is 0 Å². The van der Waals surface area contributed by atoms with Crippen molar-refractivity contribution < 1.29 is 24.2 Å². The van der Waals surface area contributed by atoms with Gasteiger partial charge in [-0.05, 0) is 19.3 Å². The van der Waals surface area contributed by atoms with E-state index in [1.807, 2.05) is 0 Å². The SMILES string of the molecule is O=C(O)COC1CCN(C(=O)C2CCC(=O)NC2)CC1. The van der Waals surface area contributed by atoms with E-state index in [1.54, 1.807) is 4.90 Å². The summed E-state index contributed by atoms with van der Waals surface area (Å²) in [6.45, 7) is 1.32. The van der Waals surface area contributed by atoms with Crippen molar-refractivity contribution in [1.82, 2.24) is 10.2 Å². The molecule has 0 aromatic carbocycles. The molecule has 7 nitrogen and oxygen atoms in total. The summed E-state index contributed by atoms with van der Waals surface area (Å²) in [5.74, 6) is -0.998. The van der Waals surface area contributed by atoms with Crippen LogP contribution in [0.1, 0.15) is 25.7 Å². The van der Waals surface area contributed by atoms with Crippen molar-refractivity contribution in [1.29, 1.82) is 0 Å². The highest BCUT2D eigenvalue weighted by Crippen LogP contribution is 2.19. The van der Waals surface area contributed by atoms with Gasteiger partial charge in [-0.1, -0.05) is 0 Å². The molecule has 20 heavy (non-hydrogen) atoms. The van der Waals surface area contributed by atoms with Crippen LogP contribution >= 0.6 is 0 Å². The van der Waals surface area contributed by atoms with Crippen LogP contribution in [0.5, 0.6) is 0 Å². The van der Waals surface area contributed by atoms with E-state index in [-0.39, 0.29) is 30.4 Å². The molecule has 112 valence electrons. The number of aliphatic carboxylic acids is 1. The Morgan fingerprint density at radius 2 is 2.00 bits per heavy atom. The fraction of sp³-hybridized carbons (Fsp3) is 0.769. The van der Waals surface area contributed by atoms with Crippen molar-refractivity contribution in [3.05, 3.63) is 0 Å². The number of likely N-dealkylation sites (tertiary alicyclic amines) is 1. The van der Waals surface area contributed by atoms with Crippen molar-refractivity contribution in [2.45, 2.75) is 31.8 Å². The molecule has 1 unspecified atom stereocenters. The van der Waals surface area contributed by atoms with Crippen LogP contribution in [0.3, 0.4) is 0 Å². The molecular formula is C13H20N2O5. The second kappa shape index (κ2) is 6.69. The van der Waals surface area contributed by atoms with Crippen LogP contribution in [-0.4, -0.2) is 60.1 Å². The topological polar surface area (TPSA) is 95.9 Å². The molecule has 2 heterocycles. The number of amides is 2. The zero-order valence-electron chi connectivity index (χ0n) is 11.3. The lowest BCUT2D eigenvalue weighted by Crippen LogP contribution is -2.48. The molecule has 2 saturated heterocycles. The second-order valence-electron chi connectivity index (χ2n) is 5.27. The van der Waals surface area contributed by atoms with Crippen LogP contribution in [0.4, 0.5) is 0 Å². The largest absolute Gasteiger partial charge is 0.480 e. The van der Waals surface area contributed by atoms with E-state index in [0.29, 0.717) is 45.3 Å². The number of carbonyl (C=O) groups is 3. The van der Waals surface area contributed by atoms with Crippen LogP contribution in [0.25, 0.3) is 0 Å². The quantitative estimate of drug-likeness (QED) is 0.732. The smallest absolute Gasteiger partial charge is 0.329 e. The predicted molar refractivity (Wildman–Crippen MR) is 68.9 cm³/mol. The lowest BCUT2D eigenvalue weighted by atomic mass is 9.96. The highest BCUT2D eigenvalue weighted by Gasteiger charge is 2.31. The van der Waals surface area contributed by atoms with E-state index in [2.05, 4.69) is 5.32 Å². The fourth-order valence-corrected chi connectivity index (χ4v) is 2.63. The van der Waals surface area contributed by atoms with Gasteiger partial charge in [0.05, 0.1) is 12.0 Å². The van der Waals surface area contributed by atoms with Crippen molar-refractivity contribution in [3.8, 4) is 0 Å². The number of carboxylic acid groups (broad SMARTS) is 1. The number of carbonyl (C=O) groups excluding carboxylic acids is 2. The van der Waals surface area contributed by atoms with Gasteiger partial charge in [-0.25, -0.2) is 4.79 Å². The Bertz CT molecular complexity index is 380. The lowest BCUT2D eigenvalue weighted by Gasteiger charge is -2.34. The summed E-state index contributed by atoms with van der Waals surface area (Å²) in [4.78, 5) is 35.6. The molecule has 2 rings (SSSR count). The van der Waals surface area contributed by atoms with Crippen LogP contribution in [0.15, 0.2) is 0 Å². The maximum Gasteiger partial charge on any atom is 0.329 e. The van der Waals surface area contributed by atoms with E-state index >= 15 is 0 Å². The highest BCUT2D eigenvalue weighted by molar-refractivity contribution is 5.83. The monoisotopic (exact) mass is 284 g/mol. The summed E-state index contributed by atoms with van der Waals surface area (Å²) in [6.07, 6.45) is 2.27. The summed E-state index contributed by atoms with van der Waals surface area (Å²) in [5, 5.41) is 11.3. The minimum atomic E-state index is -0.971. The first-order chi connectivity index (χ1) is 9.56. The Labute approximate surface area is 117 Å². The maximum atomic E-state index is 12.3. The molecule has 2 amide bonds. The molecule has 0 aromatic heterocycles. The lowest BCUT2D eigenvalue weighted by molar-refractivity contribution is -0.148. The highest BCUT2D eigenvalue weighted by atomic mass is 16.5. The number of nitrogens with one attached hydrogen (secondary N) is 1. The molecule has 2 N–H and O–H groups in total. The Balaban J connectivity index is 1.74. The predicted octanol–water partition coefficient (Wildman–Crippen LogP) is -0.395. The van der Waals surface area contributed by atoms with Gasteiger partial charge < -0.3 is 20.1 Å². The first kappa shape index (κ1) is 14.8. The third-order valence-electron chi connectivity index (χ3n) is 3.81. The van der Waals surface area contributed by atoms with Crippen molar-refractivity contribution in [2.75, 3.05) is 26.2 Å². The normalized spacial score (nSPS) is 24.3. The zero-order valence-corrected chi connectivity index (χ0v) is 11.3. The summed E-state index contributed by atoms with van der Waals surface area (Å²) in [5.41, 5.74) is 0. The molecule has 0 spiro atoms. The first-order valence-electron chi connectivity index (χ1n) is 6.95. The Morgan fingerprint density at radius 3 is 2.55 bits per heavy atom. The van der Waals surface area contributed by atoms with E-state index in [4.69, 9.17) is 9.84 Å². The van der Waals surface area contributed by atoms with Crippen LogP contribution in [0.2, 0.25) is 0 Å². The number of nitrogens with zero attached hydrogens (tertiary/aromatic N) is 1. The molecule has 2 aliphatic heterocycles. The minimum absolute atomic E-state index is 0.00910. The molecular weight excluding hydrogens is 264 g/mol. The van der Waals surface area contributed by atoms with Crippen LogP contribution in [0, 0.1) is 5.92 Å². The molecule has 0 aromatic rings. The maximum absolute atomic E-state index is 12.3. The third-order valence-corrected chi connectivity index (χ3v) is 3.81. The van der Waals surface area contributed by atoms with Gasteiger partial charge in [-0.3, -0.25) is 9.59 Å². The summed E-state index contributed by atoms with van der Waals surface area (Å²) >= 11 is 0. The van der Waals surface area contributed by atoms with E-state index in [1.165, 1.54) is 0 Å². The first-order valence-corrected chi connectivity index (χ1v) is 6.95. The summed E-state index contributed by atoms with van der Waals surface area (Å²) in [7, 11) is 0. The van der Waals surface area contributed by atoms with Gasteiger partial charge in [0.15, 0.2) is 0 Å². The average molecular weight is 284 g/mol. The number of piperidine rings is 2. The van der Waals surface area contributed by atoms with Gasteiger partial charge in [0.2, 0.25) is 11.8 Å². The molecule has 0 radical (unpaired) electrons.